The van der Waals surface area contributed by atoms with E-state index in [2.05, 4.69) is 56.9 Å². The van der Waals surface area contributed by atoms with Gasteiger partial charge in [-0.25, -0.2) is 0 Å². The number of imide groups is 1. The molecule has 4 unspecified atom stereocenters. The number of hydrogen-bond donors (Lipinski definition) is 2. The Kier molecular flexibility index (Phi) is 8.19. The Hall–Kier alpha value is -2.10. The van der Waals surface area contributed by atoms with Crippen LogP contribution in [0.25, 0.3) is 0 Å². The number of carbonyl (C=O) groups excluding carboxylic acids is 2. The molecule has 1 saturated heterocycles. The van der Waals surface area contributed by atoms with Crippen LogP contribution >= 0.6 is 24.0 Å². The van der Waals surface area contributed by atoms with Crippen molar-refractivity contribution in [2.45, 2.75) is 19.3 Å². The van der Waals surface area contributed by atoms with Crippen molar-refractivity contribution in [3.05, 3.63) is 42.0 Å². The van der Waals surface area contributed by atoms with Gasteiger partial charge < -0.3 is 15.5 Å². The molecule has 0 radical (unpaired) electrons. The van der Waals surface area contributed by atoms with E-state index in [0.717, 1.165) is 25.8 Å². The molecule has 1 aromatic rings. The van der Waals surface area contributed by atoms with Gasteiger partial charge in [-0.1, -0.05) is 24.3 Å². The number of aliphatic imine (C=N–C) groups is 1. The summed E-state index contributed by atoms with van der Waals surface area (Å²) in [4.78, 5) is 33.3. The number of halogens is 1. The van der Waals surface area contributed by atoms with Crippen LogP contribution < -0.4 is 15.5 Å². The number of fused-ring (bicyclic) bond motifs is 5. The van der Waals surface area contributed by atoms with Gasteiger partial charge in [0.2, 0.25) is 11.8 Å². The van der Waals surface area contributed by atoms with Crippen LogP contribution in [0.3, 0.4) is 0 Å². The monoisotopic (exact) mass is 551 g/mol. The number of nitrogens with zero attached hydrogens (tertiary/aromatic N) is 3. The molecule has 1 aliphatic heterocycles. The van der Waals surface area contributed by atoms with E-state index in [4.69, 9.17) is 0 Å². The highest BCUT2D eigenvalue weighted by molar-refractivity contribution is 14.0. The van der Waals surface area contributed by atoms with Crippen molar-refractivity contribution in [3.8, 4) is 0 Å². The van der Waals surface area contributed by atoms with E-state index in [-0.39, 0.29) is 59.5 Å². The third-order valence-corrected chi connectivity index (χ3v) is 6.80. The zero-order valence-electron chi connectivity index (χ0n) is 19.1. The van der Waals surface area contributed by atoms with Crippen molar-refractivity contribution in [3.63, 3.8) is 0 Å². The van der Waals surface area contributed by atoms with Gasteiger partial charge in [-0.2, -0.15) is 0 Å². The maximum Gasteiger partial charge on any atom is 0.233 e. The number of hydrogen-bond acceptors (Lipinski definition) is 4. The summed E-state index contributed by atoms with van der Waals surface area (Å²) < 4.78 is 0. The van der Waals surface area contributed by atoms with Gasteiger partial charge in [0.25, 0.3) is 0 Å². The van der Waals surface area contributed by atoms with E-state index >= 15 is 0 Å². The highest BCUT2D eigenvalue weighted by Crippen LogP contribution is 2.52. The van der Waals surface area contributed by atoms with Crippen LogP contribution in [0.2, 0.25) is 0 Å². The maximum atomic E-state index is 12.7. The summed E-state index contributed by atoms with van der Waals surface area (Å²) in [7, 11) is 5.81. The number of amides is 2. The lowest BCUT2D eigenvalue weighted by Crippen LogP contribution is -2.44. The summed E-state index contributed by atoms with van der Waals surface area (Å²) in [6, 6.07) is 8.62. The third-order valence-electron chi connectivity index (χ3n) is 6.80. The summed E-state index contributed by atoms with van der Waals surface area (Å²) in [5.74, 6) is 1.01. The van der Waals surface area contributed by atoms with E-state index in [1.165, 1.54) is 16.2 Å². The van der Waals surface area contributed by atoms with Crippen LogP contribution in [0.4, 0.5) is 5.69 Å². The molecule has 3 aliphatic rings. The van der Waals surface area contributed by atoms with Gasteiger partial charge in [0, 0.05) is 46.5 Å². The highest BCUT2D eigenvalue weighted by atomic mass is 127. The first-order valence-electron chi connectivity index (χ1n) is 11.2. The average Bonchev–Trinajstić information content (AvgIpc) is 3.45. The Labute approximate surface area is 207 Å². The first-order valence-corrected chi connectivity index (χ1v) is 11.2. The largest absolute Gasteiger partial charge is 0.378 e. The van der Waals surface area contributed by atoms with Gasteiger partial charge in [-0.15, -0.1) is 24.0 Å². The maximum absolute atomic E-state index is 12.7. The molecule has 1 aromatic carbocycles. The van der Waals surface area contributed by atoms with Gasteiger partial charge in [0.1, 0.15) is 0 Å². The number of benzene rings is 1. The number of guanidine groups is 1. The molecule has 2 aliphatic carbocycles. The number of aryl methyl sites for hydroxylation is 1. The first kappa shape index (κ1) is 24.5. The Morgan fingerprint density at radius 3 is 2.19 bits per heavy atom. The second-order valence-corrected chi connectivity index (χ2v) is 8.92. The molecule has 2 N–H and O–H groups in total. The lowest BCUT2D eigenvalue weighted by Gasteiger charge is -2.18. The summed E-state index contributed by atoms with van der Waals surface area (Å²) in [5, 5.41) is 6.54. The van der Waals surface area contributed by atoms with Crippen LogP contribution in [0.1, 0.15) is 18.4 Å². The fourth-order valence-corrected chi connectivity index (χ4v) is 5.15. The van der Waals surface area contributed by atoms with Gasteiger partial charge in [-0.3, -0.25) is 19.5 Å². The van der Waals surface area contributed by atoms with E-state index in [1.54, 1.807) is 7.05 Å². The number of allylic oxidation sites excluding steroid dienone is 2. The molecule has 4 atom stereocenters. The molecule has 4 rings (SSSR count). The standard InChI is InChI=1S/C24H33N5O2.HI/c1-25-24(26-12-4-5-16-6-10-19(11-7-16)28(2)3)27-13-14-29-22(30)20-17-8-9-18(15-17)21(20)23(29)31;/h6-11,17-18,20-21H,4-5,12-15H2,1-3H3,(H2,25,26,27);1H. The molecule has 7 nitrogen and oxygen atoms in total. The van der Waals surface area contributed by atoms with E-state index in [0.29, 0.717) is 19.0 Å². The third kappa shape index (κ3) is 4.94. The number of anilines is 1. The topological polar surface area (TPSA) is 77.0 Å². The molecular weight excluding hydrogens is 517 g/mol. The van der Waals surface area contributed by atoms with E-state index in [1.807, 2.05) is 14.1 Å². The molecular formula is C24H34IN5O2. The van der Waals surface area contributed by atoms with Crippen molar-refractivity contribution in [2.75, 3.05) is 45.7 Å². The van der Waals surface area contributed by atoms with Crippen molar-refractivity contribution < 1.29 is 9.59 Å². The quantitative estimate of drug-likeness (QED) is 0.130. The SMILES string of the molecule is CN=C(NCCCc1ccc(N(C)C)cc1)NCCN1C(=O)C2C3C=CC(C3)C2C1=O.I. The molecule has 2 fully saturated rings. The van der Waals surface area contributed by atoms with Gasteiger partial charge >= 0.3 is 0 Å². The normalized spacial score (nSPS) is 25.7. The second kappa shape index (κ2) is 10.7. The Bertz CT molecular complexity index is 853. The van der Waals surface area contributed by atoms with Crippen LogP contribution in [0.5, 0.6) is 0 Å². The van der Waals surface area contributed by atoms with Gasteiger partial charge in [0.15, 0.2) is 5.96 Å². The summed E-state index contributed by atoms with van der Waals surface area (Å²) in [6.07, 6.45) is 7.20. The Morgan fingerprint density at radius 2 is 1.62 bits per heavy atom. The second-order valence-electron chi connectivity index (χ2n) is 8.92. The molecule has 1 saturated carbocycles. The highest BCUT2D eigenvalue weighted by Gasteiger charge is 2.58. The molecule has 174 valence electrons. The van der Waals surface area contributed by atoms with Crippen LogP contribution in [0, 0.1) is 23.7 Å². The Balaban J connectivity index is 0.00000289. The predicted molar refractivity (Wildman–Crippen MR) is 138 cm³/mol. The minimum Gasteiger partial charge on any atom is -0.378 e. The number of carbonyl (C=O) groups is 2. The lowest BCUT2D eigenvalue weighted by molar-refractivity contribution is -0.140. The zero-order valence-corrected chi connectivity index (χ0v) is 21.4. The predicted octanol–water partition coefficient (Wildman–Crippen LogP) is 2.28. The van der Waals surface area contributed by atoms with E-state index in [9.17, 15) is 9.59 Å². The molecule has 32 heavy (non-hydrogen) atoms. The molecule has 0 spiro atoms. The van der Waals surface area contributed by atoms with Crippen molar-refractivity contribution in [2.24, 2.45) is 28.7 Å². The van der Waals surface area contributed by atoms with Gasteiger partial charge in [0.05, 0.1) is 11.8 Å². The van der Waals surface area contributed by atoms with E-state index < -0.39 is 0 Å². The average molecular weight is 551 g/mol. The zero-order chi connectivity index (χ0) is 22.0. The summed E-state index contributed by atoms with van der Waals surface area (Å²) in [6.45, 7) is 1.70. The summed E-state index contributed by atoms with van der Waals surface area (Å²) >= 11 is 0. The van der Waals surface area contributed by atoms with Crippen LogP contribution in [0.15, 0.2) is 41.4 Å². The molecule has 2 amide bonds. The number of nitrogens with one attached hydrogen (secondary N) is 2. The lowest BCUT2D eigenvalue weighted by atomic mass is 9.85. The minimum absolute atomic E-state index is 0. The fourth-order valence-electron chi connectivity index (χ4n) is 5.15. The van der Waals surface area contributed by atoms with Crippen molar-refractivity contribution in [1.82, 2.24) is 15.5 Å². The van der Waals surface area contributed by atoms with Crippen molar-refractivity contribution >= 4 is 47.4 Å². The van der Waals surface area contributed by atoms with Crippen LogP contribution in [-0.2, 0) is 16.0 Å². The Morgan fingerprint density at radius 1 is 1.03 bits per heavy atom. The minimum atomic E-state index is -0.119. The van der Waals surface area contributed by atoms with Crippen molar-refractivity contribution in [1.29, 1.82) is 0 Å². The van der Waals surface area contributed by atoms with Crippen LogP contribution in [-0.4, -0.2) is 63.5 Å². The molecule has 8 heteroatoms. The van der Waals surface area contributed by atoms with Gasteiger partial charge in [-0.05, 0) is 48.8 Å². The fraction of sp³-hybridized carbons (Fsp3) is 0.542. The number of likely N-dealkylation sites (tertiary alicyclic amines) is 1. The summed E-state index contributed by atoms with van der Waals surface area (Å²) in [5.41, 5.74) is 2.52. The smallest absolute Gasteiger partial charge is 0.233 e. The molecule has 2 bridgehead atoms. The molecule has 1 heterocycles. The molecule has 0 aromatic heterocycles. The first-order chi connectivity index (χ1) is 15.0. The number of rotatable bonds is 8.